The van der Waals surface area contributed by atoms with Crippen LogP contribution in [0.25, 0.3) is 11.1 Å². The Hall–Kier alpha value is -5.49. The Morgan fingerprint density at radius 1 is 0.980 bits per heavy atom. The molecule has 6 aromatic rings. The van der Waals surface area contributed by atoms with E-state index in [1.54, 1.807) is 58.2 Å². The van der Waals surface area contributed by atoms with Gasteiger partial charge in [0, 0.05) is 31.4 Å². The lowest BCUT2D eigenvalue weighted by atomic mass is 9.97. The standard InChI is InChI=1S/C32H30Cl2FN11O5/c1-15-10-24(41-51-15)37-29(47)27-16(2)45(42-39-27)13-18-6-9-22(35)20(11-18)25-19(7-8-21(33)26(25)34)14-46-17(3)28(40-43-46)30(48)38-32-36-12-23(44(32)4)31(49)50-5/h6-12,31,49H,13-14H2,1-5H3,(H,36,38,48)(H,37,41,47). The summed E-state index contributed by atoms with van der Waals surface area (Å²) < 4.78 is 30.0. The predicted molar refractivity (Wildman–Crippen MR) is 182 cm³/mol. The van der Waals surface area contributed by atoms with Crippen molar-refractivity contribution in [1.82, 2.24) is 44.7 Å². The van der Waals surface area contributed by atoms with Gasteiger partial charge in [0.25, 0.3) is 11.8 Å². The number of hydrogen-bond acceptors (Lipinski definition) is 11. The summed E-state index contributed by atoms with van der Waals surface area (Å²) in [5.41, 5.74) is 2.97. The zero-order valence-corrected chi connectivity index (χ0v) is 29.3. The monoisotopic (exact) mass is 737 g/mol. The third kappa shape index (κ3) is 7.09. The number of nitrogens with one attached hydrogen (secondary N) is 2. The summed E-state index contributed by atoms with van der Waals surface area (Å²) in [6, 6.07) is 9.35. The summed E-state index contributed by atoms with van der Waals surface area (Å²) in [7, 11) is 2.94. The Bertz CT molecular complexity index is 2280. The lowest BCUT2D eigenvalue weighted by Crippen LogP contribution is -2.18. The topological polar surface area (TPSA) is 193 Å². The average Bonchev–Trinajstić information content (AvgIpc) is 3.88. The number of anilines is 2. The van der Waals surface area contributed by atoms with Gasteiger partial charge in [-0.25, -0.2) is 18.7 Å². The number of halogens is 3. The van der Waals surface area contributed by atoms with Crippen LogP contribution in [-0.2, 0) is 24.9 Å². The first-order valence-electron chi connectivity index (χ1n) is 15.2. The molecular weight excluding hydrogens is 708 g/mol. The number of aliphatic hydroxyl groups excluding tert-OH is 1. The summed E-state index contributed by atoms with van der Waals surface area (Å²) in [6.07, 6.45) is 0.148. The molecule has 2 aromatic carbocycles. The molecule has 4 heterocycles. The highest BCUT2D eigenvalue weighted by atomic mass is 35.5. The molecule has 0 aliphatic heterocycles. The fourth-order valence-electron chi connectivity index (χ4n) is 5.30. The van der Waals surface area contributed by atoms with Crippen LogP contribution in [0.5, 0.6) is 0 Å². The van der Waals surface area contributed by atoms with Crippen LogP contribution in [0.2, 0.25) is 10.0 Å². The molecule has 0 fully saturated rings. The highest BCUT2D eigenvalue weighted by molar-refractivity contribution is 6.43. The van der Waals surface area contributed by atoms with Crippen LogP contribution < -0.4 is 10.6 Å². The molecule has 6 rings (SSSR count). The van der Waals surface area contributed by atoms with E-state index in [9.17, 15) is 14.7 Å². The zero-order chi connectivity index (χ0) is 36.6. The first-order valence-corrected chi connectivity index (χ1v) is 16.0. The van der Waals surface area contributed by atoms with Crippen LogP contribution in [-0.4, -0.2) is 68.7 Å². The van der Waals surface area contributed by atoms with Crippen molar-refractivity contribution in [3.05, 3.63) is 104 Å². The number of carbonyl (C=O) groups is 2. The molecule has 1 atom stereocenters. The van der Waals surface area contributed by atoms with Crippen LogP contribution in [0.4, 0.5) is 16.2 Å². The second-order valence-electron chi connectivity index (χ2n) is 11.5. The highest BCUT2D eigenvalue weighted by Crippen LogP contribution is 2.39. The average molecular weight is 739 g/mol. The number of carbonyl (C=O) groups excluding carboxylic acids is 2. The Labute approximate surface area is 299 Å². The van der Waals surface area contributed by atoms with Crippen molar-refractivity contribution < 1.29 is 28.3 Å². The molecule has 0 aliphatic carbocycles. The molecule has 0 saturated carbocycles. The quantitative estimate of drug-likeness (QED) is 0.154. The van der Waals surface area contributed by atoms with Crippen LogP contribution in [0.15, 0.2) is 47.1 Å². The number of aromatic nitrogens is 9. The molecule has 264 valence electrons. The van der Waals surface area contributed by atoms with E-state index >= 15 is 4.39 Å². The van der Waals surface area contributed by atoms with E-state index in [1.807, 2.05) is 0 Å². The lowest BCUT2D eigenvalue weighted by Gasteiger charge is -2.16. The van der Waals surface area contributed by atoms with Crippen LogP contribution in [0.1, 0.15) is 61.2 Å². The van der Waals surface area contributed by atoms with Crippen molar-refractivity contribution in [2.45, 2.75) is 40.2 Å². The number of imidazole rings is 1. The van der Waals surface area contributed by atoms with Crippen molar-refractivity contribution in [2.24, 2.45) is 7.05 Å². The maximum Gasteiger partial charge on any atom is 0.280 e. The molecule has 0 aliphatic rings. The van der Waals surface area contributed by atoms with Gasteiger partial charge in [-0.05, 0) is 50.1 Å². The maximum absolute atomic E-state index is 15.6. The summed E-state index contributed by atoms with van der Waals surface area (Å²) >= 11 is 13.1. The summed E-state index contributed by atoms with van der Waals surface area (Å²) in [6.45, 7) is 5.26. The number of ether oxygens (including phenoxy) is 1. The van der Waals surface area contributed by atoms with E-state index in [-0.39, 0.29) is 51.9 Å². The number of rotatable bonds is 11. The number of nitrogens with zero attached hydrogens (tertiary/aromatic N) is 9. The number of methoxy groups -OCH3 is 1. The molecule has 4 aromatic heterocycles. The molecule has 0 radical (unpaired) electrons. The van der Waals surface area contributed by atoms with E-state index in [0.29, 0.717) is 39.5 Å². The number of amides is 2. The number of aryl methyl sites for hydroxylation is 1. The second-order valence-corrected chi connectivity index (χ2v) is 12.2. The smallest absolute Gasteiger partial charge is 0.280 e. The van der Waals surface area contributed by atoms with Crippen molar-refractivity contribution in [1.29, 1.82) is 0 Å². The molecule has 3 N–H and O–H groups in total. The van der Waals surface area contributed by atoms with Gasteiger partial charge >= 0.3 is 0 Å². The van der Waals surface area contributed by atoms with Gasteiger partial charge in [-0.1, -0.05) is 50.9 Å². The molecule has 16 nitrogen and oxygen atoms in total. The molecule has 0 saturated heterocycles. The van der Waals surface area contributed by atoms with Crippen molar-refractivity contribution >= 4 is 46.8 Å². The van der Waals surface area contributed by atoms with Gasteiger partial charge in [0.2, 0.25) is 5.95 Å². The predicted octanol–water partition coefficient (Wildman–Crippen LogP) is 4.87. The summed E-state index contributed by atoms with van der Waals surface area (Å²) in [5.74, 6) is -0.733. The normalized spacial score (nSPS) is 11.9. The molecule has 51 heavy (non-hydrogen) atoms. The van der Waals surface area contributed by atoms with E-state index < -0.39 is 23.9 Å². The molecule has 19 heteroatoms. The lowest BCUT2D eigenvalue weighted by molar-refractivity contribution is -0.0815. The number of benzene rings is 2. The first-order chi connectivity index (χ1) is 24.4. The van der Waals surface area contributed by atoms with Gasteiger partial charge in [0.1, 0.15) is 11.6 Å². The fraction of sp³-hybridized carbons (Fsp3) is 0.250. The minimum Gasteiger partial charge on any atom is -0.363 e. The Kier molecular flexibility index (Phi) is 9.97. The van der Waals surface area contributed by atoms with Gasteiger partial charge in [-0.2, -0.15) is 0 Å². The molecule has 0 spiro atoms. The third-order valence-electron chi connectivity index (χ3n) is 8.12. The highest BCUT2D eigenvalue weighted by Gasteiger charge is 2.24. The fourth-order valence-corrected chi connectivity index (χ4v) is 5.75. The first kappa shape index (κ1) is 35.3. The maximum atomic E-state index is 15.6. The zero-order valence-electron chi connectivity index (χ0n) is 27.8. The van der Waals surface area contributed by atoms with Gasteiger partial charge in [-0.15, -0.1) is 10.2 Å². The Morgan fingerprint density at radius 2 is 1.65 bits per heavy atom. The van der Waals surface area contributed by atoms with Crippen molar-refractivity contribution in [3.63, 3.8) is 0 Å². The number of hydrogen-bond donors (Lipinski definition) is 3. The van der Waals surface area contributed by atoms with Gasteiger partial charge in [0.05, 0.1) is 46.4 Å². The molecule has 0 bridgehead atoms. The molecule has 2 amide bonds. The van der Waals surface area contributed by atoms with Crippen LogP contribution >= 0.6 is 23.2 Å². The van der Waals surface area contributed by atoms with Gasteiger partial charge < -0.3 is 24.3 Å². The van der Waals surface area contributed by atoms with Crippen molar-refractivity contribution in [2.75, 3.05) is 17.7 Å². The van der Waals surface area contributed by atoms with E-state index in [4.69, 9.17) is 32.5 Å². The minimum absolute atomic E-state index is 0.0222. The van der Waals surface area contributed by atoms with E-state index in [0.717, 1.165) is 0 Å². The third-order valence-corrected chi connectivity index (χ3v) is 8.93. The van der Waals surface area contributed by atoms with Crippen LogP contribution in [0, 0.1) is 26.6 Å². The molecular formula is C32H30Cl2FN11O5. The number of aliphatic hydroxyl groups is 1. The minimum atomic E-state index is -1.23. The summed E-state index contributed by atoms with van der Waals surface area (Å²) in [5, 5.41) is 35.7. The van der Waals surface area contributed by atoms with Gasteiger partial charge in [0.15, 0.2) is 23.5 Å². The SMILES string of the molecule is COC(O)c1cnc(NC(=O)c2nnn(Cc3ccc(Cl)c(Cl)c3-c3cc(Cn4nnc(C(=O)Nc5cc(C)on5)c4C)ccc3F)c2C)n1C. The van der Waals surface area contributed by atoms with Gasteiger partial charge in [-0.3, -0.25) is 14.9 Å². The second kappa shape index (κ2) is 14.4. The summed E-state index contributed by atoms with van der Waals surface area (Å²) in [4.78, 5) is 30.1. The molecule has 1 unspecified atom stereocenters. The Balaban J connectivity index is 1.25. The van der Waals surface area contributed by atoms with Crippen LogP contribution in [0.3, 0.4) is 0 Å². The van der Waals surface area contributed by atoms with Crippen molar-refractivity contribution in [3.8, 4) is 11.1 Å². The largest absolute Gasteiger partial charge is 0.363 e. The van der Waals surface area contributed by atoms with E-state index in [2.05, 4.69) is 41.4 Å². The van der Waals surface area contributed by atoms with E-state index in [1.165, 1.54) is 33.3 Å². The Morgan fingerprint density at radius 3 is 2.29 bits per heavy atom.